The van der Waals surface area contributed by atoms with Crippen molar-refractivity contribution in [3.05, 3.63) is 18.1 Å². The minimum Gasteiger partial charge on any atom is -0.480 e. The maximum Gasteiger partial charge on any atom is 0.232 e. The Kier molecular flexibility index (Phi) is 2.82. The molecule has 1 aromatic heterocycles. The molecule has 1 aromatic rings. The smallest absolute Gasteiger partial charge is 0.232 e. The third-order valence-electron chi connectivity index (χ3n) is 1.12. The van der Waals surface area contributed by atoms with E-state index in [1.54, 1.807) is 0 Å². The van der Waals surface area contributed by atoms with Gasteiger partial charge in [-0.1, -0.05) is 16.8 Å². The van der Waals surface area contributed by atoms with Crippen LogP contribution in [0, 0.1) is 0 Å². The van der Waals surface area contributed by atoms with Crippen LogP contribution < -0.4 is 4.74 Å². The average molecular weight is 188 g/mol. The Morgan fingerprint density at radius 1 is 1.67 bits per heavy atom. The Bertz CT molecular complexity index is 303. The molecule has 0 aliphatic heterocycles. The summed E-state index contributed by atoms with van der Waals surface area (Å²) in [5, 5.41) is 10.9. The first kappa shape index (κ1) is 8.73. The molecule has 0 bridgehead atoms. The van der Waals surface area contributed by atoms with Gasteiger partial charge in [0.05, 0.1) is 19.5 Å². The van der Waals surface area contributed by atoms with Crippen LogP contribution in [0.2, 0.25) is 0 Å². The molecular formula is C6H6ClN3O2. The molecule has 0 radical (unpaired) electrons. The number of ether oxygens (including phenoxy) is 1. The molecule has 0 atom stereocenters. The third kappa shape index (κ3) is 1.82. The lowest BCUT2D eigenvalue weighted by Gasteiger charge is -1.98. The van der Waals surface area contributed by atoms with Crippen molar-refractivity contribution < 1.29 is 9.94 Å². The van der Waals surface area contributed by atoms with Crippen molar-refractivity contribution in [2.24, 2.45) is 5.16 Å². The Balaban J connectivity index is 3.02. The van der Waals surface area contributed by atoms with Crippen LogP contribution in [0.4, 0.5) is 0 Å². The van der Waals surface area contributed by atoms with Gasteiger partial charge < -0.3 is 9.94 Å². The molecule has 1 heterocycles. The predicted molar refractivity (Wildman–Crippen MR) is 42.8 cm³/mol. The van der Waals surface area contributed by atoms with Gasteiger partial charge in [0.25, 0.3) is 0 Å². The molecule has 0 saturated heterocycles. The van der Waals surface area contributed by atoms with Crippen LogP contribution in [0.15, 0.2) is 17.5 Å². The van der Waals surface area contributed by atoms with Gasteiger partial charge >= 0.3 is 0 Å². The molecule has 0 spiro atoms. The minimum absolute atomic E-state index is 0.124. The second-order valence-electron chi connectivity index (χ2n) is 1.84. The molecule has 6 heteroatoms. The summed E-state index contributed by atoms with van der Waals surface area (Å²) in [6, 6.07) is 0. The number of nitrogens with zero attached hydrogens (tertiary/aromatic N) is 3. The van der Waals surface area contributed by atoms with E-state index in [1.807, 2.05) is 0 Å². The van der Waals surface area contributed by atoms with Crippen LogP contribution in [0.25, 0.3) is 0 Å². The largest absolute Gasteiger partial charge is 0.480 e. The zero-order chi connectivity index (χ0) is 8.97. The molecule has 1 N–H and O–H groups in total. The van der Waals surface area contributed by atoms with Crippen LogP contribution in [-0.4, -0.2) is 27.5 Å². The molecule has 0 amide bonds. The summed E-state index contributed by atoms with van der Waals surface area (Å²) in [4.78, 5) is 7.62. The number of hydrogen-bond acceptors (Lipinski definition) is 5. The summed E-state index contributed by atoms with van der Waals surface area (Å²) in [6.07, 6.45) is 2.79. The maximum absolute atomic E-state index is 8.30. The van der Waals surface area contributed by atoms with Gasteiger partial charge in [0.15, 0.2) is 5.17 Å². The quantitative estimate of drug-likeness (QED) is 0.424. The molecule has 0 aliphatic carbocycles. The van der Waals surface area contributed by atoms with E-state index < -0.39 is 0 Å². The number of rotatable bonds is 2. The van der Waals surface area contributed by atoms with E-state index in [4.69, 9.17) is 21.5 Å². The van der Waals surface area contributed by atoms with Gasteiger partial charge in [-0.3, -0.25) is 4.98 Å². The van der Waals surface area contributed by atoms with E-state index in [1.165, 1.54) is 19.5 Å². The van der Waals surface area contributed by atoms with Gasteiger partial charge in [-0.05, 0) is 0 Å². The number of halogens is 1. The second kappa shape index (κ2) is 3.87. The van der Waals surface area contributed by atoms with Crippen LogP contribution in [0.1, 0.15) is 5.69 Å². The van der Waals surface area contributed by atoms with E-state index in [2.05, 4.69) is 15.1 Å². The van der Waals surface area contributed by atoms with Gasteiger partial charge in [0.2, 0.25) is 5.88 Å². The first-order valence-electron chi connectivity index (χ1n) is 3.02. The van der Waals surface area contributed by atoms with Crippen LogP contribution >= 0.6 is 11.6 Å². The standard InChI is InChI=1S/C6H6ClN3O2/c1-12-5-3-8-2-4(9-5)6(7)10-11/h2-3,11H,1H3. The topological polar surface area (TPSA) is 67.6 Å². The molecule has 64 valence electrons. The zero-order valence-corrected chi connectivity index (χ0v) is 6.99. The molecule has 0 saturated carbocycles. The van der Waals surface area contributed by atoms with Crippen molar-refractivity contribution in [2.45, 2.75) is 0 Å². The van der Waals surface area contributed by atoms with Gasteiger partial charge in [-0.2, -0.15) is 0 Å². The number of oxime groups is 1. The minimum atomic E-state index is -0.124. The Labute approximate surface area is 73.7 Å². The summed E-state index contributed by atoms with van der Waals surface area (Å²) < 4.78 is 4.78. The van der Waals surface area contributed by atoms with E-state index in [-0.39, 0.29) is 10.9 Å². The number of aromatic nitrogens is 2. The van der Waals surface area contributed by atoms with Gasteiger partial charge in [0, 0.05) is 0 Å². The van der Waals surface area contributed by atoms with Crippen LogP contribution in [0.3, 0.4) is 0 Å². The zero-order valence-electron chi connectivity index (χ0n) is 6.23. The van der Waals surface area contributed by atoms with Gasteiger partial charge in [0.1, 0.15) is 5.69 Å². The first-order valence-corrected chi connectivity index (χ1v) is 3.39. The van der Waals surface area contributed by atoms with Gasteiger partial charge in [-0.25, -0.2) is 4.98 Å². The molecule has 12 heavy (non-hydrogen) atoms. The summed E-state index contributed by atoms with van der Waals surface area (Å²) in [7, 11) is 1.46. The van der Waals surface area contributed by atoms with Gasteiger partial charge in [-0.15, -0.1) is 0 Å². The van der Waals surface area contributed by atoms with Crippen molar-refractivity contribution in [3.63, 3.8) is 0 Å². The highest BCUT2D eigenvalue weighted by molar-refractivity contribution is 6.69. The van der Waals surface area contributed by atoms with E-state index in [9.17, 15) is 0 Å². The van der Waals surface area contributed by atoms with Crippen molar-refractivity contribution in [1.82, 2.24) is 9.97 Å². The van der Waals surface area contributed by atoms with Crippen molar-refractivity contribution in [3.8, 4) is 5.88 Å². The molecular weight excluding hydrogens is 182 g/mol. The summed E-state index contributed by atoms with van der Waals surface area (Å²) in [5.74, 6) is 0.314. The van der Waals surface area contributed by atoms with Crippen LogP contribution in [-0.2, 0) is 0 Å². The van der Waals surface area contributed by atoms with Crippen molar-refractivity contribution in [2.75, 3.05) is 7.11 Å². The Morgan fingerprint density at radius 3 is 3.00 bits per heavy atom. The second-order valence-corrected chi connectivity index (χ2v) is 2.20. The van der Waals surface area contributed by atoms with E-state index in [0.29, 0.717) is 5.88 Å². The normalized spacial score (nSPS) is 11.3. The average Bonchev–Trinajstić information content (AvgIpc) is 2.17. The predicted octanol–water partition coefficient (Wildman–Crippen LogP) is 0.860. The highest BCUT2D eigenvalue weighted by Gasteiger charge is 2.03. The summed E-state index contributed by atoms with van der Waals surface area (Å²) in [6.45, 7) is 0. The SMILES string of the molecule is COc1cncc(C(Cl)=NO)n1. The first-order chi connectivity index (χ1) is 5.77. The lowest BCUT2D eigenvalue weighted by Crippen LogP contribution is -1.98. The van der Waals surface area contributed by atoms with Crippen molar-refractivity contribution >= 4 is 16.8 Å². The Morgan fingerprint density at radius 2 is 2.42 bits per heavy atom. The highest BCUT2D eigenvalue weighted by atomic mass is 35.5. The lowest BCUT2D eigenvalue weighted by atomic mass is 10.5. The molecule has 0 unspecified atom stereocenters. The van der Waals surface area contributed by atoms with E-state index in [0.717, 1.165) is 0 Å². The fraction of sp³-hybridized carbons (Fsp3) is 0.167. The van der Waals surface area contributed by atoms with E-state index >= 15 is 0 Å². The van der Waals surface area contributed by atoms with Crippen molar-refractivity contribution in [1.29, 1.82) is 0 Å². The molecule has 1 rings (SSSR count). The fourth-order valence-electron chi connectivity index (χ4n) is 0.597. The highest BCUT2D eigenvalue weighted by Crippen LogP contribution is 2.06. The number of hydrogen-bond donors (Lipinski definition) is 1. The summed E-state index contributed by atoms with van der Waals surface area (Å²) >= 11 is 5.46. The maximum atomic E-state index is 8.30. The lowest BCUT2D eigenvalue weighted by molar-refractivity contribution is 0.320. The molecule has 0 aliphatic rings. The Hall–Kier alpha value is -1.36. The monoisotopic (exact) mass is 187 g/mol. The molecule has 0 fully saturated rings. The third-order valence-corrected chi connectivity index (χ3v) is 1.39. The molecule has 0 aromatic carbocycles. The summed E-state index contributed by atoms with van der Waals surface area (Å²) in [5.41, 5.74) is 0.263. The number of methoxy groups -OCH3 is 1. The molecule has 5 nitrogen and oxygen atoms in total. The fourth-order valence-corrected chi connectivity index (χ4v) is 0.688. The van der Waals surface area contributed by atoms with Crippen LogP contribution in [0.5, 0.6) is 5.88 Å².